The summed E-state index contributed by atoms with van der Waals surface area (Å²) < 4.78 is 5.45. The van der Waals surface area contributed by atoms with E-state index < -0.39 is 0 Å². The van der Waals surface area contributed by atoms with E-state index in [1.165, 1.54) is 0 Å². The molecule has 1 heterocycles. The summed E-state index contributed by atoms with van der Waals surface area (Å²) in [6.45, 7) is 5.43. The van der Waals surface area contributed by atoms with Gasteiger partial charge in [-0.2, -0.15) is 0 Å². The van der Waals surface area contributed by atoms with Crippen molar-refractivity contribution in [3.8, 4) is 5.75 Å². The molecule has 2 rings (SSSR count). The lowest BCUT2D eigenvalue weighted by Gasteiger charge is -2.15. The number of nitrogens with two attached hydrogens (primary N) is 1. The van der Waals surface area contributed by atoms with Crippen molar-refractivity contribution in [2.45, 2.75) is 20.3 Å². The third-order valence-electron chi connectivity index (χ3n) is 3.23. The number of rotatable bonds is 5. The van der Waals surface area contributed by atoms with Crippen molar-refractivity contribution in [1.82, 2.24) is 4.98 Å². The Morgan fingerprint density at radius 1 is 1.35 bits per heavy atom. The van der Waals surface area contributed by atoms with Crippen LogP contribution in [0.3, 0.4) is 0 Å². The number of anilines is 1. The van der Waals surface area contributed by atoms with E-state index in [0.29, 0.717) is 11.6 Å². The molecule has 0 fully saturated rings. The van der Waals surface area contributed by atoms with Gasteiger partial charge in [0.05, 0.1) is 17.8 Å². The molecule has 3 N–H and O–H groups in total. The molecular weight excluding hydrogens is 274 g/mol. The minimum atomic E-state index is 0.648. The fraction of sp³-hybridized carbons (Fsp3) is 0.400. The Morgan fingerprint density at radius 3 is 2.75 bits per heavy atom. The number of benzene rings is 1. The van der Waals surface area contributed by atoms with Gasteiger partial charge in [-0.05, 0) is 38.4 Å². The van der Waals surface area contributed by atoms with Crippen LogP contribution in [0.4, 0.5) is 5.69 Å². The van der Waals surface area contributed by atoms with Gasteiger partial charge in [0.1, 0.15) is 11.3 Å². The molecule has 2 aromatic rings. The molecule has 0 spiro atoms. The monoisotopic (exact) mass is 293 g/mol. The SMILES string of the molecule is COc1cc(NCCCN)c(Cl)c2c(C)cc(C)nc12. The van der Waals surface area contributed by atoms with Crippen molar-refractivity contribution in [3.63, 3.8) is 0 Å². The highest BCUT2D eigenvalue weighted by molar-refractivity contribution is 6.38. The molecule has 0 atom stereocenters. The van der Waals surface area contributed by atoms with Crippen LogP contribution in [-0.4, -0.2) is 25.2 Å². The fourth-order valence-corrected chi connectivity index (χ4v) is 2.66. The van der Waals surface area contributed by atoms with Crippen molar-refractivity contribution in [2.24, 2.45) is 5.73 Å². The van der Waals surface area contributed by atoms with E-state index in [9.17, 15) is 0 Å². The van der Waals surface area contributed by atoms with Crippen molar-refractivity contribution in [1.29, 1.82) is 0 Å². The molecule has 0 aliphatic carbocycles. The number of hydrogen-bond acceptors (Lipinski definition) is 4. The number of halogens is 1. The lowest BCUT2D eigenvalue weighted by Crippen LogP contribution is -2.09. The summed E-state index contributed by atoms with van der Waals surface area (Å²) in [6.07, 6.45) is 0.891. The molecule has 0 saturated heterocycles. The zero-order valence-corrected chi connectivity index (χ0v) is 12.8. The predicted octanol–water partition coefficient (Wildman–Crippen LogP) is 3.27. The first kappa shape index (κ1) is 14.9. The maximum atomic E-state index is 6.52. The van der Waals surface area contributed by atoms with E-state index in [0.717, 1.165) is 46.6 Å². The topological polar surface area (TPSA) is 60.2 Å². The second kappa shape index (κ2) is 6.29. The fourth-order valence-electron chi connectivity index (χ4n) is 2.30. The van der Waals surface area contributed by atoms with Crippen molar-refractivity contribution in [3.05, 3.63) is 28.4 Å². The zero-order chi connectivity index (χ0) is 14.7. The van der Waals surface area contributed by atoms with Crippen LogP contribution in [0.25, 0.3) is 10.9 Å². The van der Waals surface area contributed by atoms with Gasteiger partial charge in [-0.15, -0.1) is 0 Å². The number of nitrogens with zero attached hydrogens (tertiary/aromatic N) is 1. The molecule has 0 bridgehead atoms. The molecule has 1 aromatic heterocycles. The van der Waals surface area contributed by atoms with Crippen LogP contribution in [0, 0.1) is 13.8 Å². The molecule has 0 radical (unpaired) electrons. The van der Waals surface area contributed by atoms with Crippen LogP contribution in [0.1, 0.15) is 17.7 Å². The smallest absolute Gasteiger partial charge is 0.147 e. The minimum Gasteiger partial charge on any atom is -0.494 e. The molecule has 0 saturated carbocycles. The van der Waals surface area contributed by atoms with Crippen LogP contribution < -0.4 is 15.8 Å². The summed E-state index contributed by atoms with van der Waals surface area (Å²) in [7, 11) is 1.64. The quantitative estimate of drug-likeness (QED) is 0.831. The Kier molecular flexibility index (Phi) is 4.68. The summed E-state index contributed by atoms with van der Waals surface area (Å²) in [6, 6.07) is 3.92. The van der Waals surface area contributed by atoms with Crippen LogP contribution in [0.2, 0.25) is 5.02 Å². The van der Waals surface area contributed by atoms with E-state index in [2.05, 4.69) is 10.3 Å². The summed E-state index contributed by atoms with van der Waals surface area (Å²) in [5, 5.41) is 4.92. The molecule has 1 aromatic carbocycles. The number of hydrogen-bond donors (Lipinski definition) is 2. The predicted molar refractivity (Wildman–Crippen MR) is 84.9 cm³/mol. The number of fused-ring (bicyclic) bond motifs is 1. The Labute approximate surface area is 124 Å². The van der Waals surface area contributed by atoms with Crippen LogP contribution in [0.5, 0.6) is 5.75 Å². The average Bonchev–Trinajstić information content (AvgIpc) is 2.40. The van der Waals surface area contributed by atoms with Gasteiger partial charge in [0, 0.05) is 23.7 Å². The largest absolute Gasteiger partial charge is 0.494 e. The Balaban J connectivity index is 2.59. The molecular formula is C15H20ClN3O. The number of nitrogens with one attached hydrogen (secondary N) is 1. The van der Waals surface area contributed by atoms with Gasteiger partial charge >= 0.3 is 0 Å². The highest BCUT2D eigenvalue weighted by Gasteiger charge is 2.14. The number of methoxy groups -OCH3 is 1. The van der Waals surface area contributed by atoms with Gasteiger partial charge < -0.3 is 15.8 Å². The Bertz CT molecular complexity index is 628. The summed E-state index contributed by atoms with van der Waals surface area (Å²) >= 11 is 6.52. The second-order valence-electron chi connectivity index (χ2n) is 4.81. The molecule has 5 heteroatoms. The molecule has 0 aliphatic heterocycles. The first-order chi connectivity index (χ1) is 9.58. The van der Waals surface area contributed by atoms with Gasteiger partial charge in [0.2, 0.25) is 0 Å². The first-order valence-corrected chi connectivity index (χ1v) is 7.04. The highest BCUT2D eigenvalue weighted by atomic mass is 35.5. The van der Waals surface area contributed by atoms with Gasteiger partial charge in [-0.1, -0.05) is 11.6 Å². The summed E-state index contributed by atoms with van der Waals surface area (Å²) in [5.74, 6) is 0.728. The number of ether oxygens (including phenoxy) is 1. The van der Waals surface area contributed by atoms with Crippen molar-refractivity contribution < 1.29 is 4.74 Å². The Morgan fingerprint density at radius 2 is 2.10 bits per heavy atom. The zero-order valence-electron chi connectivity index (χ0n) is 12.1. The van der Waals surface area contributed by atoms with Crippen molar-refractivity contribution >= 4 is 28.2 Å². The van der Waals surface area contributed by atoms with Crippen LogP contribution in [-0.2, 0) is 0 Å². The molecule has 108 valence electrons. The normalized spacial score (nSPS) is 10.8. The molecule has 4 nitrogen and oxygen atoms in total. The molecule has 0 aliphatic rings. The van der Waals surface area contributed by atoms with E-state index in [-0.39, 0.29) is 0 Å². The Hall–Kier alpha value is -1.52. The summed E-state index contributed by atoms with van der Waals surface area (Å²) in [4.78, 5) is 4.55. The average molecular weight is 294 g/mol. The number of aromatic nitrogens is 1. The minimum absolute atomic E-state index is 0.648. The summed E-state index contributed by atoms with van der Waals surface area (Å²) in [5.41, 5.74) is 9.22. The second-order valence-corrected chi connectivity index (χ2v) is 5.19. The number of aryl methyl sites for hydroxylation is 2. The van der Waals surface area contributed by atoms with Crippen LogP contribution in [0.15, 0.2) is 12.1 Å². The molecule has 20 heavy (non-hydrogen) atoms. The van der Waals surface area contributed by atoms with E-state index in [4.69, 9.17) is 22.1 Å². The third kappa shape index (κ3) is 2.81. The van der Waals surface area contributed by atoms with Gasteiger partial charge in [-0.3, -0.25) is 0 Å². The first-order valence-electron chi connectivity index (χ1n) is 6.67. The highest BCUT2D eigenvalue weighted by Crippen LogP contribution is 2.38. The van der Waals surface area contributed by atoms with E-state index >= 15 is 0 Å². The lowest BCUT2D eigenvalue weighted by molar-refractivity contribution is 0.419. The van der Waals surface area contributed by atoms with Gasteiger partial charge in [-0.25, -0.2) is 4.98 Å². The molecule has 0 unspecified atom stereocenters. The maximum Gasteiger partial charge on any atom is 0.147 e. The van der Waals surface area contributed by atoms with E-state index in [1.54, 1.807) is 7.11 Å². The molecule has 0 amide bonds. The van der Waals surface area contributed by atoms with Crippen LogP contribution >= 0.6 is 11.6 Å². The van der Waals surface area contributed by atoms with Gasteiger partial charge in [0.25, 0.3) is 0 Å². The number of pyridine rings is 1. The lowest BCUT2D eigenvalue weighted by atomic mass is 10.1. The standard InChI is InChI=1S/C15H20ClN3O/c1-9-7-10(2)19-15-12(20-3)8-11(14(16)13(9)15)18-6-4-5-17/h7-8,18H,4-6,17H2,1-3H3. The van der Waals surface area contributed by atoms with E-state index in [1.807, 2.05) is 26.0 Å². The maximum absolute atomic E-state index is 6.52. The van der Waals surface area contributed by atoms with Gasteiger partial charge in [0.15, 0.2) is 0 Å². The third-order valence-corrected chi connectivity index (χ3v) is 3.62. The van der Waals surface area contributed by atoms with Crippen molar-refractivity contribution in [2.75, 3.05) is 25.5 Å².